The van der Waals surface area contributed by atoms with Crippen molar-refractivity contribution in [2.75, 3.05) is 0 Å². The molecule has 3 unspecified atom stereocenters. The number of hydrogen-bond acceptors (Lipinski definition) is 5. The van der Waals surface area contributed by atoms with Gasteiger partial charge in [0.1, 0.15) is 5.01 Å². The fourth-order valence-corrected chi connectivity index (χ4v) is 5.22. The summed E-state index contributed by atoms with van der Waals surface area (Å²) in [5.74, 6) is -7.21. The lowest BCUT2D eigenvalue weighted by atomic mass is 9.90. The molecule has 3 atom stereocenters. The van der Waals surface area contributed by atoms with E-state index in [0.29, 0.717) is 11.3 Å². The standard InChI is InChI=1S/C17H19F7N6S/c18-14(19)3-1-8(5-14)16(11-27-10(7-31-11)17(22,23)24)29-12(25)28-13(30-16)26-9-2-4-15(20,21)6-9/h7-9H,1-6H2,(H4,25,26,28,29,30). The molecule has 1 aliphatic heterocycles. The average Bonchev–Trinajstić information content (AvgIpc) is 3.32. The van der Waals surface area contributed by atoms with Gasteiger partial charge < -0.3 is 11.1 Å². The molecule has 0 spiro atoms. The zero-order chi connectivity index (χ0) is 22.7. The van der Waals surface area contributed by atoms with Crippen LogP contribution in [0.1, 0.15) is 49.2 Å². The van der Waals surface area contributed by atoms with Crippen molar-refractivity contribution in [3.63, 3.8) is 0 Å². The quantitative estimate of drug-likeness (QED) is 0.584. The summed E-state index contributed by atoms with van der Waals surface area (Å²) in [5, 5.41) is 5.93. The first-order chi connectivity index (χ1) is 14.3. The summed E-state index contributed by atoms with van der Waals surface area (Å²) < 4.78 is 94.4. The second-order valence-corrected chi connectivity index (χ2v) is 8.93. The van der Waals surface area contributed by atoms with Crippen LogP contribution in [0.4, 0.5) is 30.7 Å². The molecule has 14 heteroatoms. The normalized spacial score (nSPS) is 33.8. The number of halogens is 7. The summed E-state index contributed by atoms with van der Waals surface area (Å²) in [5.41, 5.74) is 2.83. The molecular formula is C17H19F7N6S. The van der Waals surface area contributed by atoms with Crippen molar-refractivity contribution in [3.05, 3.63) is 16.1 Å². The van der Waals surface area contributed by atoms with Crippen LogP contribution < -0.4 is 16.4 Å². The zero-order valence-electron chi connectivity index (χ0n) is 15.9. The van der Waals surface area contributed by atoms with E-state index in [-0.39, 0.29) is 36.2 Å². The third-order valence-corrected chi connectivity index (χ3v) is 6.62. The molecular weight excluding hydrogens is 453 g/mol. The van der Waals surface area contributed by atoms with E-state index in [9.17, 15) is 30.7 Å². The summed E-state index contributed by atoms with van der Waals surface area (Å²) in [7, 11) is 0. The SMILES string of the molecule is NC1=NC(c2nc(C(F)(F)F)cs2)(C2CCC(F)(F)C2)NC(=NC2CCC(F)(F)C2)N1. The number of nitrogens with zero attached hydrogens (tertiary/aromatic N) is 3. The minimum absolute atomic E-state index is 0.0491. The predicted octanol–water partition coefficient (Wildman–Crippen LogP) is 3.80. The first-order valence-corrected chi connectivity index (χ1v) is 10.4. The number of thiazole rings is 1. The monoisotopic (exact) mass is 472 g/mol. The van der Waals surface area contributed by atoms with Crippen LogP contribution in [0.2, 0.25) is 0 Å². The smallest absolute Gasteiger partial charge is 0.370 e. The summed E-state index contributed by atoms with van der Waals surface area (Å²) in [6.07, 6.45) is -6.65. The first kappa shape index (κ1) is 22.1. The maximum Gasteiger partial charge on any atom is 0.434 e. The molecule has 2 fully saturated rings. The third-order valence-electron chi connectivity index (χ3n) is 5.66. The lowest BCUT2D eigenvalue weighted by molar-refractivity contribution is -0.140. The number of nitrogens with two attached hydrogens (primary N) is 1. The number of aromatic nitrogens is 1. The predicted molar refractivity (Wildman–Crippen MR) is 99.0 cm³/mol. The fourth-order valence-electron chi connectivity index (χ4n) is 4.22. The Hall–Kier alpha value is -2.12. The van der Waals surface area contributed by atoms with Crippen LogP contribution in [0, 0.1) is 5.92 Å². The van der Waals surface area contributed by atoms with Gasteiger partial charge in [-0.05, 0) is 12.8 Å². The Morgan fingerprint density at radius 1 is 1.10 bits per heavy atom. The Morgan fingerprint density at radius 2 is 1.77 bits per heavy atom. The first-order valence-electron chi connectivity index (χ1n) is 9.55. The molecule has 4 N–H and O–H groups in total. The van der Waals surface area contributed by atoms with Gasteiger partial charge in [-0.15, -0.1) is 11.3 Å². The highest BCUT2D eigenvalue weighted by Crippen LogP contribution is 2.49. The molecule has 0 saturated heterocycles. The van der Waals surface area contributed by atoms with Gasteiger partial charge in [0.25, 0.3) is 0 Å². The summed E-state index contributed by atoms with van der Waals surface area (Å²) in [6.45, 7) is 0. The van der Waals surface area contributed by atoms with Crippen molar-refractivity contribution in [1.29, 1.82) is 0 Å². The Balaban J connectivity index is 1.73. The fraction of sp³-hybridized carbons (Fsp3) is 0.706. The third kappa shape index (κ3) is 4.44. The molecule has 2 heterocycles. The molecule has 6 nitrogen and oxygen atoms in total. The molecule has 2 saturated carbocycles. The maximum absolute atomic E-state index is 14.0. The molecule has 4 rings (SSSR count). The van der Waals surface area contributed by atoms with Crippen LogP contribution in [-0.4, -0.2) is 34.8 Å². The van der Waals surface area contributed by atoms with E-state index in [1.807, 2.05) is 0 Å². The molecule has 3 aliphatic rings. The molecule has 1 aromatic rings. The van der Waals surface area contributed by atoms with E-state index >= 15 is 0 Å². The van der Waals surface area contributed by atoms with Gasteiger partial charge in [-0.25, -0.2) is 32.5 Å². The van der Waals surface area contributed by atoms with E-state index in [4.69, 9.17) is 5.73 Å². The molecule has 31 heavy (non-hydrogen) atoms. The van der Waals surface area contributed by atoms with Gasteiger partial charge >= 0.3 is 6.18 Å². The van der Waals surface area contributed by atoms with Gasteiger partial charge in [-0.1, -0.05) is 0 Å². The van der Waals surface area contributed by atoms with Crippen molar-refractivity contribution in [2.45, 2.75) is 68.3 Å². The highest BCUT2D eigenvalue weighted by Gasteiger charge is 2.54. The highest BCUT2D eigenvalue weighted by atomic mass is 32.1. The molecule has 2 aliphatic carbocycles. The second kappa shape index (κ2) is 7.20. The summed E-state index contributed by atoms with van der Waals surface area (Å²) >= 11 is 0.611. The van der Waals surface area contributed by atoms with E-state index in [1.165, 1.54) is 0 Å². The molecule has 1 aromatic heterocycles. The minimum atomic E-state index is -4.73. The zero-order valence-corrected chi connectivity index (χ0v) is 16.8. The molecule has 0 radical (unpaired) electrons. The van der Waals surface area contributed by atoms with Gasteiger partial charge in [0.05, 0.1) is 6.04 Å². The van der Waals surface area contributed by atoms with Crippen molar-refractivity contribution in [3.8, 4) is 0 Å². The lowest BCUT2D eigenvalue weighted by Gasteiger charge is -2.39. The van der Waals surface area contributed by atoms with Gasteiger partial charge in [-0.3, -0.25) is 5.32 Å². The van der Waals surface area contributed by atoms with Crippen LogP contribution in [0.5, 0.6) is 0 Å². The summed E-state index contributed by atoms with van der Waals surface area (Å²) in [6, 6.07) is -0.763. The Labute approximate surface area is 176 Å². The molecule has 0 bridgehead atoms. The van der Waals surface area contributed by atoms with Crippen molar-refractivity contribution in [2.24, 2.45) is 21.6 Å². The van der Waals surface area contributed by atoms with Crippen LogP contribution in [0.25, 0.3) is 0 Å². The van der Waals surface area contributed by atoms with Gasteiger partial charge in [0, 0.05) is 37.0 Å². The number of guanidine groups is 2. The highest BCUT2D eigenvalue weighted by molar-refractivity contribution is 7.09. The van der Waals surface area contributed by atoms with E-state index in [2.05, 4.69) is 25.6 Å². The molecule has 0 amide bonds. The number of alkyl halides is 7. The van der Waals surface area contributed by atoms with E-state index in [1.54, 1.807) is 0 Å². The number of nitrogens with one attached hydrogen (secondary N) is 2. The number of hydrogen-bond donors (Lipinski definition) is 3. The molecule has 172 valence electrons. The lowest BCUT2D eigenvalue weighted by Crippen LogP contribution is -2.61. The summed E-state index contributed by atoms with van der Waals surface area (Å²) in [4.78, 5) is 12.0. The van der Waals surface area contributed by atoms with Crippen LogP contribution in [-0.2, 0) is 11.8 Å². The van der Waals surface area contributed by atoms with Gasteiger partial charge in [0.15, 0.2) is 17.3 Å². The maximum atomic E-state index is 14.0. The Bertz CT molecular complexity index is 911. The average molecular weight is 472 g/mol. The van der Waals surface area contributed by atoms with Crippen molar-refractivity contribution < 1.29 is 30.7 Å². The van der Waals surface area contributed by atoms with E-state index < -0.39 is 60.6 Å². The minimum Gasteiger partial charge on any atom is -0.370 e. The van der Waals surface area contributed by atoms with Gasteiger partial charge in [-0.2, -0.15) is 13.2 Å². The largest absolute Gasteiger partial charge is 0.434 e. The Morgan fingerprint density at radius 3 is 2.32 bits per heavy atom. The number of aliphatic imine (C=N–C) groups is 2. The molecule has 0 aromatic carbocycles. The Kier molecular flexibility index (Phi) is 5.13. The topological polar surface area (TPSA) is 87.7 Å². The van der Waals surface area contributed by atoms with E-state index in [0.717, 1.165) is 5.38 Å². The number of rotatable bonds is 3. The van der Waals surface area contributed by atoms with Gasteiger partial charge in [0.2, 0.25) is 17.8 Å². The second-order valence-electron chi connectivity index (χ2n) is 8.08. The van der Waals surface area contributed by atoms with Crippen LogP contribution >= 0.6 is 11.3 Å². The van der Waals surface area contributed by atoms with Crippen molar-refractivity contribution >= 4 is 23.3 Å². The van der Waals surface area contributed by atoms with Crippen LogP contribution in [0.3, 0.4) is 0 Å². The van der Waals surface area contributed by atoms with Crippen LogP contribution in [0.15, 0.2) is 15.4 Å². The van der Waals surface area contributed by atoms with Crippen molar-refractivity contribution in [1.82, 2.24) is 15.6 Å².